The van der Waals surface area contributed by atoms with E-state index in [2.05, 4.69) is 10.6 Å². The summed E-state index contributed by atoms with van der Waals surface area (Å²) >= 11 is 0. The molecular formula is C16H16N2O4. The molecule has 0 bridgehead atoms. The third-order valence-corrected chi connectivity index (χ3v) is 2.80. The van der Waals surface area contributed by atoms with Crippen LogP contribution in [-0.2, 0) is 4.74 Å². The van der Waals surface area contributed by atoms with Gasteiger partial charge in [-0.3, -0.25) is 10.1 Å². The summed E-state index contributed by atoms with van der Waals surface area (Å²) in [6.07, 6.45) is -0.583. The van der Waals surface area contributed by atoms with Crippen molar-refractivity contribution in [2.45, 2.75) is 6.92 Å². The molecule has 0 fully saturated rings. The average molecular weight is 300 g/mol. The summed E-state index contributed by atoms with van der Waals surface area (Å²) in [5, 5.41) is 14.8. The number of phenols is 1. The van der Waals surface area contributed by atoms with Crippen molar-refractivity contribution in [1.29, 1.82) is 0 Å². The van der Waals surface area contributed by atoms with Gasteiger partial charge in [-0.1, -0.05) is 18.2 Å². The third kappa shape index (κ3) is 3.99. The van der Waals surface area contributed by atoms with E-state index in [0.717, 1.165) is 0 Å². The van der Waals surface area contributed by atoms with Crippen LogP contribution in [0.3, 0.4) is 0 Å². The van der Waals surface area contributed by atoms with Gasteiger partial charge in [-0.15, -0.1) is 0 Å². The van der Waals surface area contributed by atoms with Crippen LogP contribution in [0.2, 0.25) is 0 Å². The van der Waals surface area contributed by atoms with Crippen molar-refractivity contribution in [2.75, 3.05) is 17.2 Å². The number of nitrogens with one attached hydrogen (secondary N) is 2. The van der Waals surface area contributed by atoms with Gasteiger partial charge in [0.25, 0.3) is 5.91 Å². The van der Waals surface area contributed by atoms with Gasteiger partial charge in [-0.25, -0.2) is 4.79 Å². The van der Waals surface area contributed by atoms with Crippen LogP contribution in [-0.4, -0.2) is 23.7 Å². The molecular weight excluding hydrogens is 284 g/mol. The smallest absolute Gasteiger partial charge is 0.411 e. The lowest BCUT2D eigenvalue weighted by Gasteiger charge is -2.09. The topological polar surface area (TPSA) is 87.7 Å². The van der Waals surface area contributed by atoms with Crippen LogP contribution in [0.25, 0.3) is 0 Å². The summed E-state index contributed by atoms with van der Waals surface area (Å²) in [6, 6.07) is 12.8. The van der Waals surface area contributed by atoms with E-state index < -0.39 is 12.0 Å². The Labute approximate surface area is 127 Å². The first-order valence-corrected chi connectivity index (χ1v) is 6.73. The van der Waals surface area contributed by atoms with Crippen LogP contribution in [0.1, 0.15) is 17.3 Å². The summed E-state index contributed by atoms with van der Waals surface area (Å²) in [5.41, 5.74) is 1.11. The van der Waals surface area contributed by atoms with E-state index in [4.69, 9.17) is 4.74 Å². The predicted molar refractivity (Wildman–Crippen MR) is 83.1 cm³/mol. The number of phenolic OH excluding ortho intramolecular Hbond substituents is 1. The summed E-state index contributed by atoms with van der Waals surface area (Å²) in [5.74, 6) is -0.411. The molecule has 3 N–H and O–H groups in total. The van der Waals surface area contributed by atoms with Crippen LogP contribution in [0.4, 0.5) is 16.2 Å². The number of hydrogen-bond acceptors (Lipinski definition) is 4. The van der Waals surface area contributed by atoms with E-state index in [1.54, 1.807) is 43.3 Å². The molecule has 22 heavy (non-hydrogen) atoms. The zero-order valence-corrected chi connectivity index (χ0v) is 12.0. The van der Waals surface area contributed by atoms with Gasteiger partial charge in [-0.05, 0) is 37.3 Å². The fourth-order valence-electron chi connectivity index (χ4n) is 1.80. The Kier molecular flexibility index (Phi) is 4.98. The number of ether oxygens (including phenoxy) is 1. The maximum atomic E-state index is 12.2. The second-order valence-electron chi connectivity index (χ2n) is 4.40. The lowest BCUT2D eigenvalue weighted by atomic mass is 10.2. The summed E-state index contributed by atoms with van der Waals surface area (Å²) in [7, 11) is 0. The number of aromatic hydroxyl groups is 1. The average Bonchev–Trinajstić information content (AvgIpc) is 2.50. The Hall–Kier alpha value is -3.02. The maximum absolute atomic E-state index is 12.2. The molecule has 0 saturated carbocycles. The van der Waals surface area contributed by atoms with Gasteiger partial charge in [0, 0.05) is 11.3 Å². The van der Waals surface area contributed by atoms with Crippen LogP contribution in [0.15, 0.2) is 48.5 Å². The van der Waals surface area contributed by atoms with Crippen LogP contribution >= 0.6 is 0 Å². The zero-order chi connectivity index (χ0) is 15.9. The number of anilines is 2. The van der Waals surface area contributed by atoms with Crippen LogP contribution in [0, 0.1) is 0 Å². The fourth-order valence-corrected chi connectivity index (χ4v) is 1.80. The first kappa shape index (κ1) is 15.4. The normalized spacial score (nSPS) is 9.86. The summed E-state index contributed by atoms with van der Waals surface area (Å²) < 4.78 is 4.77. The first-order chi connectivity index (χ1) is 10.6. The van der Waals surface area contributed by atoms with Crippen molar-refractivity contribution in [3.8, 4) is 5.75 Å². The molecule has 0 saturated heterocycles. The highest BCUT2D eigenvalue weighted by molar-refractivity contribution is 6.05. The van der Waals surface area contributed by atoms with Gasteiger partial charge in [0.05, 0.1) is 12.3 Å². The van der Waals surface area contributed by atoms with E-state index >= 15 is 0 Å². The van der Waals surface area contributed by atoms with Crippen LogP contribution in [0.5, 0.6) is 5.75 Å². The second kappa shape index (κ2) is 7.12. The number of amides is 2. The molecule has 2 aromatic rings. The highest BCUT2D eigenvalue weighted by Crippen LogP contribution is 2.22. The Morgan fingerprint density at radius 1 is 1.09 bits per heavy atom. The highest BCUT2D eigenvalue weighted by atomic mass is 16.5. The van der Waals surface area contributed by atoms with E-state index in [9.17, 15) is 14.7 Å². The molecule has 2 amide bonds. The van der Waals surface area contributed by atoms with Crippen molar-refractivity contribution < 1.29 is 19.4 Å². The van der Waals surface area contributed by atoms with Crippen molar-refractivity contribution in [3.63, 3.8) is 0 Å². The molecule has 2 rings (SSSR count). The second-order valence-corrected chi connectivity index (χ2v) is 4.40. The number of carbonyl (C=O) groups excluding carboxylic acids is 2. The minimum atomic E-state index is -0.583. The predicted octanol–water partition coefficient (Wildman–Crippen LogP) is 3.21. The van der Waals surface area contributed by atoms with Crippen molar-refractivity contribution in [1.82, 2.24) is 0 Å². The molecule has 0 spiro atoms. The van der Waals surface area contributed by atoms with Gasteiger partial charge in [-0.2, -0.15) is 0 Å². The maximum Gasteiger partial charge on any atom is 0.411 e. The fraction of sp³-hybridized carbons (Fsp3) is 0.125. The van der Waals surface area contributed by atoms with Crippen molar-refractivity contribution in [2.24, 2.45) is 0 Å². The number of hydrogen-bond donors (Lipinski definition) is 3. The summed E-state index contributed by atoms with van der Waals surface area (Å²) in [6.45, 7) is 1.97. The Morgan fingerprint density at radius 3 is 2.59 bits per heavy atom. The van der Waals surface area contributed by atoms with Crippen molar-refractivity contribution >= 4 is 23.4 Å². The number of benzene rings is 2. The quantitative estimate of drug-likeness (QED) is 0.757. The van der Waals surface area contributed by atoms with E-state index in [-0.39, 0.29) is 12.4 Å². The molecule has 2 aromatic carbocycles. The Balaban J connectivity index is 2.10. The van der Waals surface area contributed by atoms with Gasteiger partial charge >= 0.3 is 6.09 Å². The minimum Gasteiger partial charge on any atom is -0.506 e. The highest BCUT2D eigenvalue weighted by Gasteiger charge is 2.10. The van der Waals surface area contributed by atoms with Crippen LogP contribution < -0.4 is 10.6 Å². The molecule has 0 radical (unpaired) electrons. The lowest BCUT2D eigenvalue weighted by Crippen LogP contribution is -2.15. The number of rotatable bonds is 4. The van der Waals surface area contributed by atoms with E-state index in [1.165, 1.54) is 12.1 Å². The van der Waals surface area contributed by atoms with Gasteiger partial charge < -0.3 is 15.2 Å². The Bertz CT molecular complexity index is 685. The molecule has 0 aromatic heterocycles. The first-order valence-electron chi connectivity index (χ1n) is 6.73. The van der Waals surface area contributed by atoms with E-state index in [0.29, 0.717) is 16.9 Å². The third-order valence-electron chi connectivity index (χ3n) is 2.80. The van der Waals surface area contributed by atoms with Gasteiger partial charge in [0.15, 0.2) is 0 Å². The SMILES string of the molecule is CCOC(=O)Nc1cccc(C(=O)Nc2ccccc2O)c1. The molecule has 6 nitrogen and oxygen atoms in total. The molecule has 114 valence electrons. The number of carbonyl (C=O) groups is 2. The molecule has 0 atom stereocenters. The molecule has 0 aliphatic carbocycles. The molecule has 0 heterocycles. The monoisotopic (exact) mass is 300 g/mol. The van der Waals surface area contributed by atoms with Gasteiger partial charge in [0.2, 0.25) is 0 Å². The molecule has 0 unspecified atom stereocenters. The molecule has 6 heteroatoms. The lowest BCUT2D eigenvalue weighted by molar-refractivity contribution is 0.102. The minimum absolute atomic E-state index is 0.0170. The molecule has 0 aliphatic rings. The molecule has 0 aliphatic heterocycles. The Morgan fingerprint density at radius 2 is 1.86 bits per heavy atom. The standard InChI is InChI=1S/C16H16N2O4/c1-2-22-16(21)17-12-7-5-6-11(10-12)15(20)18-13-8-3-4-9-14(13)19/h3-10,19H,2H2,1H3,(H,17,21)(H,18,20). The zero-order valence-electron chi connectivity index (χ0n) is 12.0. The summed E-state index contributed by atoms with van der Waals surface area (Å²) in [4.78, 5) is 23.5. The largest absolute Gasteiger partial charge is 0.506 e. The van der Waals surface area contributed by atoms with Gasteiger partial charge in [0.1, 0.15) is 5.75 Å². The van der Waals surface area contributed by atoms with Crippen molar-refractivity contribution in [3.05, 3.63) is 54.1 Å². The number of para-hydroxylation sites is 2. The van der Waals surface area contributed by atoms with E-state index in [1.807, 2.05) is 0 Å².